The second-order valence-electron chi connectivity index (χ2n) is 3.63. The lowest BCUT2D eigenvalue weighted by atomic mass is 10.4. The largest absolute Gasteiger partial charge is 0.329 e. The van der Waals surface area contributed by atoms with Crippen molar-refractivity contribution in [2.45, 2.75) is 4.90 Å². The monoisotopic (exact) mass is 304 g/mol. The average Bonchev–Trinajstić information content (AvgIpc) is 2.65. The molecular formula is C11H10Cl2N2O2S. The molecule has 0 unspecified atom stereocenters. The van der Waals surface area contributed by atoms with Gasteiger partial charge in [0.25, 0.3) is 0 Å². The molecule has 1 aromatic carbocycles. The minimum Gasteiger partial charge on any atom is -0.329 e. The number of hydrogen-bond donors (Lipinski definition) is 1. The van der Waals surface area contributed by atoms with E-state index in [-0.39, 0.29) is 18.5 Å². The van der Waals surface area contributed by atoms with Gasteiger partial charge in [-0.15, -0.1) is 11.8 Å². The highest BCUT2D eigenvalue weighted by Crippen LogP contribution is 2.29. The Morgan fingerprint density at radius 2 is 2.11 bits per heavy atom. The number of nitrogens with one attached hydrogen (secondary N) is 1. The zero-order valence-corrected chi connectivity index (χ0v) is 11.6. The average molecular weight is 305 g/mol. The van der Waals surface area contributed by atoms with Crippen LogP contribution in [-0.2, 0) is 4.79 Å². The Bertz CT molecular complexity index is 480. The van der Waals surface area contributed by atoms with Gasteiger partial charge in [0.1, 0.15) is 0 Å². The molecule has 4 nitrogen and oxygen atoms in total. The van der Waals surface area contributed by atoms with Crippen LogP contribution < -0.4 is 5.32 Å². The lowest BCUT2D eigenvalue weighted by Gasteiger charge is -2.12. The van der Waals surface area contributed by atoms with Crippen LogP contribution in [0, 0.1) is 0 Å². The van der Waals surface area contributed by atoms with Crippen molar-refractivity contribution in [1.29, 1.82) is 0 Å². The molecule has 1 saturated heterocycles. The summed E-state index contributed by atoms with van der Waals surface area (Å²) in [6, 6.07) is 4.86. The third-order valence-corrected chi connectivity index (χ3v) is 4.11. The van der Waals surface area contributed by atoms with E-state index in [9.17, 15) is 9.59 Å². The first kappa shape index (κ1) is 13.5. The van der Waals surface area contributed by atoms with E-state index in [2.05, 4.69) is 5.32 Å². The van der Waals surface area contributed by atoms with Crippen molar-refractivity contribution in [2.24, 2.45) is 0 Å². The van der Waals surface area contributed by atoms with Gasteiger partial charge in [-0.25, -0.2) is 4.79 Å². The summed E-state index contributed by atoms with van der Waals surface area (Å²) in [7, 11) is 0. The van der Waals surface area contributed by atoms with Crippen LogP contribution in [0.15, 0.2) is 23.1 Å². The van der Waals surface area contributed by atoms with E-state index >= 15 is 0 Å². The number of amides is 3. The summed E-state index contributed by atoms with van der Waals surface area (Å²) in [5.74, 6) is 0.386. The van der Waals surface area contributed by atoms with Gasteiger partial charge in [0.2, 0.25) is 5.91 Å². The summed E-state index contributed by atoms with van der Waals surface area (Å²) in [6.07, 6.45) is 0. The predicted octanol–water partition coefficient (Wildman–Crippen LogP) is 2.64. The number of urea groups is 1. The van der Waals surface area contributed by atoms with Crippen molar-refractivity contribution in [3.8, 4) is 0 Å². The molecule has 0 aromatic heterocycles. The molecule has 1 N–H and O–H groups in total. The van der Waals surface area contributed by atoms with E-state index in [0.29, 0.717) is 22.3 Å². The molecule has 0 aliphatic carbocycles. The zero-order valence-electron chi connectivity index (χ0n) is 9.28. The van der Waals surface area contributed by atoms with E-state index in [0.717, 1.165) is 4.90 Å². The van der Waals surface area contributed by atoms with Gasteiger partial charge < -0.3 is 5.32 Å². The van der Waals surface area contributed by atoms with Crippen molar-refractivity contribution < 1.29 is 9.59 Å². The molecule has 3 amide bonds. The minimum atomic E-state index is -0.335. The maximum absolute atomic E-state index is 11.3. The first-order valence-electron chi connectivity index (χ1n) is 5.24. The van der Waals surface area contributed by atoms with Gasteiger partial charge in [0.15, 0.2) is 0 Å². The molecule has 0 bridgehead atoms. The van der Waals surface area contributed by atoms with Crippen molar-refractivity contribution in [3.05, 3.63) is 28.2 Å². The third kappa shape index (κ3) is 3.10. The van der Waals surface area contributed by atoms with Crippen LogP contribution in [-0.4, -0.2) is 35.7 Å². The third-order valence-electron chi connectivity index (χ3n) is 2.40. The topological polar surface area (TPSA) is 49.4 Å². The number of halogens is 2. The van der Waals surface area contributed by atoms with Gasteiger partial charge in [-0.3, -0.25) is 9.69 Å². The Labute approximate surface area is 119 Å². The minimum absolute atomic E-state index is 0.0847. The Hall–Kier alpha value is -0.910. The van der Waals surface area contributed by atoms with Gasteiger partial charge in [0, 0.05) is 22.2 Å². The van der Waals surface area contributed by atoms with Crippen molar-refractivity contribution >= 4 is 46.9 Å². The smallest absolute Gasteiger partial charge is 0.324 e. The highest BCUT2D eigenvalue weighted by molar-refractivity contribution is 7.99. The number of imide groups is 1. The molecular weight excluding hydrogens is 295 g/mol. The molecule has 0 atom stereocenters. The summed E-state index contributed by atoms with van der Waals surface area (Å²) in [4.78, 5) is 24.7. The van der Waals surface area contributed by atoms with E-state index < -0.39 is 0 Å². The van der Waals surface area contributed by atoms with E-state index in [4.69, 9.17) is 23.2 Å². The Morgan fingerprint density at radius 3 is 2.78 bits per heavy atom. The second-order valence-corrected chi connectivity index (χ2v) is 5.61. The Morgan fingerprint density at radius 1 is 1.33 bits per heavy atom. The van der Waals surface area contributed by atoms with Gasteiger partial charge in [-0.2, -0.15) is 0 Å². The second kappa shape index (κ2) is 5.82. The number of benzene rings is 1. The van der Waals surface area contributed by atoms with Crippen molar-refractivity contribution in [2.75, 3.05) is 18.8 Å². The molecule has 1 aliphatic heterocycles. The van der Waals surface area contributed by atoms with Crippen LogP contribution in [0.4, 0.5) is 4.79 Å². The number of hydrogen-bond acceptors (Lipinski definition) is 3. The van der Waals surface area contributed by atoms with Crippen LogP contribution in [0.3, 0.4) is 0 Å². The number of nitrogens with zero attached hydrogens (tertiary/aromatic N) is 1. The maximum atomic E-state index is 11.3. The number of rotatable bonds is 4. The summed E-state index contributed by atoms with van der Waals surface area (Å²) in [5, 5.41) is 3.69. The molecule has 96 valence electrons. The molecule has 0 spiro atoms. The van der Waals surface area contributed by atoms with Gasteiger partial charge in [-0.05, 0) is 18.2 Å². The molecule has 2 rings (SSSR count). The van der Waals surface area contributed by atoms with Gasteiger partial charge in [-0.1, -0.05) is 23.2 Å². The quantitative estimate of drug-likeness (QED) is 0.687. The van der Waals surface area contributed by atoms with Crippen LogP contribution >= 0.6 is 35.0 Å². The SMILES string of the molecule is O=C1CNC(=O)N1CCSc1cc(Cl)ccc1Cl. The van der Waals surface area contributed by atoms with E-state index in [1.54, 1.807) is 18.2 Å². The number of thioether (sulfide) groups is 1. The lowest BCUT2D eigenvalue weighted by Crippen LogP contribution is -2.32. The molecule has 1 aliphatic rings. The lowest BCUT2D eigenvalue weighted by molar-refractivity contribution is -0.124. The number of carbonyl (C=O) groups is 2. The summed E-state index contributed by atoms with van der Waals surface area (Å²) < 4.78 is 0. The highest BCUT2D eigenvalue weighted by atomic mass is 35.5. The normalized spacial score (nSPS) is 15.1. The summed E-state index contributed by atoms with van der Waals surface area (Å²) in [6.45, 7) is 0.444. The standard InChI is InChI=1S/C11H10Cl2N2O2S/c12-7-1-2-8(13)9(5-7)18-4-3-15-10(16)6-14-11(15)17/h1-2,5H,3-4,6H2,(H,14,17). The first-order chi connectivity index (χ1) is 8.58. The summed E-state index contributed by atoms with van der Waals surface area (Å²) >= 11 is 13.3. The predicted molar refractivity (Wildman–Crippen MR) is 72.3 cm³/mol. The Kier molecular flexibility index (Phi) is 4.37. The van der Waals surface area contributed by atoms with Crippen LogP contribution in [0.5, 0.6) is 0 Å². The van der Waals surface area contributed by atoms with Crippen molar-refractivity contribution in [3.63, 3.8) is 0 Å². The van der Waals surface area contributed by atoms with E-state index in [1.165, 1.54) is 16.7 Å². The Balaban J connectivity index is 1.90. The van der Waals surface area contributed by atoms with Crippen LogP contribution in [0.25, 0.3) is 0 Å². The fraction of sp³-hybridized carbons (Fsp3) is 0.273. The van der Waals surface area contributed by atoms with Crippen LogP contribution in [0.1, 0.15) is 0 Å². The molecule has 0 saturated carbocycles. The maximum Gasteiger partial charge on any atom is 0.324 e. The molecule has 0 radical (unpaired) electrons. The molecule has 1 aromatic rings. The van der Waals surface area contributed by atoms with Crippen LogP contribution in [0.2, 0.25) is 10.0 Å². The molecule has 1 heterocycles. The fourth-order valence-corrected chi connectivity index (χ4v) is 2.94. The zero-order chi connectivity index (χ0) is 13.1. The van der Waals surface area contributed by atoms with E-state index in [1.807, 2.05) is 0 Å². The van der Waals surface area contributed by atoms with Gasteiger partial charge >= 0.3 is 6.03 Å². The molecule has 7 heteroatoms. The van der Waals surface area contributed by atoms with Gasteiger partial charge in [0.05, 0.1) is 11.6 Å². The highest BCUT2D eigenvalue weighted by Gasteiger charge is 2.27. The summed E-state index contributed by atoms with van der Waals surface area (Å²) in [5.41, 5.74) is 0. The van der Waals surface area contributed by atoms with Crippen molar-refractivity contribution in [1.82, 2.24) is 10.2 Å². The molecule has 18 heavy (non-hydrogen) atoms. The fourth-order valence-electron chi connectivity index (χ4n) is 1.52. The molecule has 1 fully saturated rings. The first-order valence-corrected chi connectivity index (χ1v) is 6.98. The number of carbonyl (C=O) groups excluding carboxylic acids is 2.